The molecule has 1 fully saturated rings. The van der Waals surface area contributed by atoms with Gasteiger partial charge >= 0.3 is 0 Å². The Morgan fingerprint density at radius 1 is 1.28 bits per heavy atom. The van der Waals surface area contributed by atoms with Crippen molar-refractivity contribution in [2.24, 2.45) is 11.7 Å². The summed E-state index contributed by atoms with van der Waals surface area (Å²) in [5, 5.41) is 3.02. The molecule has 2 aliphatic carbocycles. The van der Waals surface area contributed by atoms with Gasteiger partial charge in [-0.2, -0.15) is 0 Å². The summed E-state index contributed by atoms with van der Waals surface area (Å²) < 4.78 is 0. The summed E-state index contributed by atoms with van der Waals surface area (Å²) in [6, 6.07) is 6.83. The second kappa shape index (κ2) is 4.73. The second-order valence-electron chi connectivity index (χ2n) is 5.60. The molecule has 3 heteroatoms. The Labute approximate surface area is 108 Å². The number of carbonyl (C=O) groups excluding carboxylic acids is 1. The number of nitrogens with one attached hydrogen (secondary N) is 1. The Balaban J connectivity index is 1.55. The lowest BCUT2D eigenvalue weighted by atomic mass is 9.80. The molecule has 1 aromatic carbocycles. The Kier molecular flexibility index (Phi) is 3.08. The summed E-state index contributed by atoms with van der Waals surface area (Å²) in [5.41, 5.74) is 9.86. The molecule has 18 heavy (non-hydrogen) atoms. The van der Waals surface area contributed by atoms with E-state index in [0.717, 1.165) is 12.8 Å². The van der Waals surface area contributed by atoms with Gasteiger partial charge in [-0.25, -0.2) is 0 Å². The third kappa shape index (κ3) is 2.27. The molecule has 0 aromatic heterocycles. The van der Waals surface area contributed by atoms with Gasteiger partial charge < -0.3 is 11.1 Å². The first kappa shape index (κ1) is 11.7. The molecule has 0 heterocycles. The predicted octanol–water partition coefficient (Wildman–Crippen LogP) is 1.53. The van der Waals surface area contributed by atoms with E-state index < -0.39 is 0 Å². The zero-order chi connectivity index (χ0) is 12.5. The molecule has 1 saturated carbocycles. The molecule has 3 rings (SSSR count). The highest BCUT2D eigenvalue weighted by atomic mass is 16.1. The number of fused-ring (bicyclic) bond motifs is 1. The van der Waals surface area contributed by atoms with E-state index in [1.165, 1.54) is 36.0 Å². The van der Waals surface area contributed by atoms with Gasteiger partial charge in [0.15, 0.2) is 0 Å². The van der Waals surface area contributed by atoms with Gasteiger partial charge in [-0.3, -0.25) is 4.79 Å². The van der Waals surface area contributed by atoms with Crippen LogP contribution in [0.2, 0.25) is 0 Å². The smallest absolute Gasteiger partial charge is 0.223 e. The van der Waals surface area contributed by atoms with Crippen LogP contribution >= 0.6 is 0 Å². The van der Waals surface area contributed by atoms with E-state index in [1.54, 1.807) is 0 Å². The van der Waals surface area contributed by atoms with Crippen LogP contribution in [0.1, 0.15) is 36.0 Å². The van der Waals surface area contributed by atoms with Crippen molar-refractivity contribution in [3.8, 4) is 0 Å². The van der Waals surface area contributed by atoms with Crippen LogP contribution in [0.4, 0.5) is 0 Å². The van der Waals surface area contributed by atoms with Crippen LogP contribution in [0, 0.1) is 5.92 Å². The molecule has 0 radical (unpaired) electrons. The van der Waals surface area contributed by atoms with Gasteiger partial charge in [0.2, 0.25) is 5.91 Å². The van der Waals surface area contributed by atoms with E-state index in [4.69, 9.17) is 5.73 Å². The molecule has 0 spiro atoms. The van der Waals surface area contributed by atoms with Crippen molar-refractivity contribution in [3.05, 3.63) is 34.9 Å². The Morgan fingerprint density at radius 3 is 2.83 bits per heavy atom. The Hall–Kier alpha value is -1.35. The third-order valence-electron chi connectivity index (χ3n) is 4.17. The molecule has 3 N–H and O–H groups in total. The van der Waals surface area contributed by atoms with Gasteiger partial charge in [0.25, 0.3) is 0 Å². The van der Waals surface area contributed by atoms with Crippen molar-refractivity contribution >= 4 is 5.91 Å². The first-order valence-corrected chi connectivity index (χ1v) is 6.86. The molecular weight excluding hydrogens is 224 g/mol. The third-order valence-corrected chi connectivity index (χ3v) is 4.17. The number of benzene rings is 1. The van der Waals surface area contributed by atoms with Crippen molar-refractivity contribution in [3.63, 3.8) is 0 Å². The van der Waals surface area contributed by atoms with E-state index in [1.807, 2.05) is 0 Å². The molecule has 1 aromatic rings. The quantitative estimate of drug-likeness (QED) is 0.847. The molecule has 0 saturated heterocycles. The van der Waals surface area contributed by atoms with Crippen molar-refractivity contribution in [1.82, 2.24) is 5.32 Å². The lowest BCUT2D eigenvalue weighted by Crippen LogP contribution is -2.44. The van der Waals surface area contributed by atoms with Gasteiger partial charge in [0.05, 0.1) is 0 Å². The second-order valence-corrected chi connectivity index (χ2v) is 5.60. The van der Waals surface area contributed by atoms with Crippen LogP contribution < -0.4 is 11.1 Å². The lowest BCUT2D eigenvalue weighted by Gasteiger charge is -2.31. The summed E-state index contributed by atoms with van der Waals surface area (Å²) in [5.74, 6) is 0.312. The highest BCUT2D eigenvalue weighted by Gasteiger charge is 2.31. The SMILES string of the molecule is NC1CC(C(=O)NCc2ccc3c(c2)CCC3)C1. The van der Waals surface area contributed by atoms with E-state index in [-0.39, 0.29) is 17.9 Å². The normalized spacial score (nSPS) is 25.4. The number of hydrogen-bond donors (Lipinski definition) is 2. The van der Waals surface area contributed by atoms with Crippen molar-refractivity contribution in [1.29, 1.82) is 0 Å². The maximum Gasteiger partial charge on any atom is 0.223 e. The highest BCUT2D eigenvalue weighted by molar-refractivity contribution is 5.79. The maximum absolute atomic E-state index is 11.8. The minimum Gasteiger partial charge on any atom is -0.352 e. The van der Waals surface area contributed by atoms with Crippen molar-refractivity contribution in [2.45, 2.75) is 44.7 Å². The highest BCUT2D eigenvalue weighted by Crippen LogP contribution is 2.26. The van der Waals surface area contributed by atoms with Crippen LogP contribution in [0.5, 0.6) is 0 Å². The molecule has 2 aliphatic rings. The van der Waals surface area contributed by atoms with E-state index in [2.05, 4.69) is 23.5 Å². The molecule has 0 aliphatic heterocycles. The standard InChI is InChI=1S/C15H20N2O/c16-14-7-13(8-14)15(18)17-9-10-4-5-11-2-1-3-12(11)6-10/h4-6,13-14H,1-3,7-9,16H2,(H,17,18). The topological polar surface area (TPSA) is 55.1 Å². The first-order valence-electron chi connectivity index (χ1n) is 6.86. The van der Waals surface area contributed by atoms with Gasteiger partial charge in [0.1, 0.15) is 0 Å². The summed E-state index contributed by atoms with van der Waals surface area (Å²) in [7, 11) is 0. The summed E-state index contributed by atoms with van der Waals surface area (Å²) in [4.78, 5) is 11.8. The predicted molar refractivity (Wildman–Crippen MR) is 71.0 cm³/mol. The number of nitrogens with two attached hydrogens (primary N) is 1. The van der Waals surface area contributed by atoms with E-state index >= 15 is 0 Å². The van der Waals surface area contributed by atoms with Crippen molar-refractivity contribution in [2.75, 3.05) is 0 Å². The van der Waals surface area contributed by atoms with Gasteiger partial charge in [-0.15, -0.1) is 0 Å². The Bertz CT molecular complexity index is 464. The number of aryl methyl sites for hydroxylation is 2. The van der Waals surface area contributed by atoms with Crippen LogP contribution in [0.15, 0.2) is 18.2 Å². The summed E-state index contributed by atoms with van der Waals surface area (Å²) in [6.07, 6.45) is 5.35. The van der Waals surface area contributed by atoms with E-state index in [0.29, 0.717) is 6.54 Å². The molecular formula is C15H20N2O. The molecule has 96 valence electrons. The molecule has 0 atom stereocenters. The monoisotopic (exact) mass is 244 g/mol. The minimum atomic E-state index is 0.148. The summed E-state index contributed by atoms with van der Waals surface area (Å²) >= 11 is 0. The fraction of sp³-hybridized carbons (Fsp3) is 0.533. The molecule has 0 unspecified atom stereocenters. The van der Waals surface area contributed by atoms with E-state index in [9.17, 15) is 4.79 Å². The minimum absolute atomic E-state index is 0.148. The largest absolute Gasteiger partial charge is 0.352 e. The maximum atomic E-state index is 11.8. The first-order chi connectivity index (χ1) is 8.72. The van der Waals surface area contributed by atoms with Gasteiger partial charge in [0, 0.05) is 18.5 Å². The van der Waals surface area contributed by atoms with Crippen molar-refractivity contribution < 1.29 is 4.79 Å². The zero-order valence-corrected chi connectivity index (χ0v) is 10.6. The molecule has 0 bridgehead atoms. The van der Waals surface area contributed by atoms with Crippen LogP contribution in [0.25, 0.3) is 0 Å². The van der Waals surface area contributed by atoms with Crippen LogP contribution in [-0.4, -0.2) is 11.9 Å². The number of amides is 1. The lowest BCUT2D eigenvalue weighted by molar-refractivity contribution is -0.128. The number of rotatable bonds is 3. The van der Waals surface area contributed by atoms with Crippen LogP contribution in [-0.2, 0) is 24.2 Å². The summed E-state index contributed by atoms with van der Waals surface area (Å²) in [6.45, 7) is 0.651. The average molecular weight is 244 g/mol. The fourth-order valence-corrected chi connectivity index (χ4v) is 2.94. The Morgan fingerprint density at radius 2 is 2.06 bits per heavy atom. The van der Waals surface area contributed by atoms with Gasteiger partial charge in [-0.1, -0.05) is 18.2 Å². The molecule has 3 nitrogen and oxygen atoms in total. The fourth-order valence-electron chi connectivity index (χ4n) is 2.94. The number of hydrogen-bond acceptors (Lipinski definition) is 2. The molecule has 1 amide bonds. The van der Waals surface area contributed by atoms with Crippen LogP contribution in [0.3, 0.4) is 0 Å². The average Bonchev–Trinajstić information content (AvgIpc) is 2.79. The number of carbonyl (C=O) groups is 1. The van der Waals surface area contributed by atoms with Gasteiger partial charge in [-0.05, 0) is 48.8 Å². The zero-order valence-electron chi connectivity index (χ0n) is 10.6.